The first-order chi connectivity index (χ1) is 14.8. The van der Waals surface area contributed by atoms with E-state index in [9.17, 15) is 9.59 Å². The fourth-order valence-corrected chi connectivity index (χ4v) is 5.10. The third-order valence-corrected chi connectivity index (χ3v) is 6.59. The van der Waals surface area contributed by atoms with Crippen LogP contribution in [0.5, 0.6) is 11.5 Å². The molecule has 1 amide bonds. The number of nitrogens with zero attached hydrogens (tertiary/aromatic N) is 1. The summed E-state index contributed by atoms with van der Waals surface area (Å²) in [6.45, 7) is 7.20. The molecule has 0 aliphatic carbocycles. The average molecular weight is 434 g/mol. The molecule has 0 spiro atoms. The highest BCUT2D eigenvalue weighted by Crippen LogP contribution is 2.55. The van der Waals surface area contributed by atoms with Crippen molar-refractivity contribution in [3.05, 3.63) is 23.8 Å². The molecular weight excluding hydrogens is 402 g/mol. The number of rotatable bonds is 6. The molecule has 3 aliphatic heterocycles. The van der Waals surface area contributed by atoms with Crippen LogP contribution in [0.1, 0.15) is 45.3 Å². The molecule has 0 bridgehead atoms. The van der Waals surface area contributed by atoms with Crippen molar-refractivity contribution >= 4 is 11.9 Å². The summed E-state index contributed by atoms with van der Waals surface area (Å²) < 4.78 is 23.9. The van der Waals surface area contributed by atoms with Crippen LogP contribution in [-0.2, 0) is 19.1 Å². The first-order valence-electron chi connectivity index (χ1n) is 11.0. The number of carboxylic acids is 1. The van der Waals surface area contributed by atoms with Crippen molar-refractivity contribution in [3.8, 4) is 11.5 Å². The van der Waals surface area contributed by atoms with Crippen molar-refractivity contribution in [1.82, 2.24) is 4.90 Å². The molecule has 0 radical (unpaired) electrons. The lowest BCUT2D eigenvalue weighted by Gasteiger charge is -2.53. The maximum absolute atomic E-state index is 12.5. The summed E-state index contributed by atoms with van der Waals surface area (Å²) in [5.74, 6) is 0.629. The number of hydrogen-bond acceptors (Lipinski definition) is 6. The van der Waals surface area contributed by atoms with Crippen LogP contribution < -0.4 is 9.47 Å². The smallest absolute Gasteiger partial charge is 0.329 e. The summed E-state index contributed by atoms with van der Waals surface area (Å²) >= 11 is 0. The number of amides is 1. The third kappa shape index (κ3) is 4.36. The van der Waals surface area contributed by atoms with Crippen LogP contribution in [0.15, 0.2) is 18.2 Å². The third-order valence-electron chi connectivity index (χ3n) is 6.59. The van der Waals surface area contributed by atoms with Crippen molar-refractivity contribution in [2.45, 2.75) is 51.4 Å². The molecule has 1 aromatic carbocycles. The van der Waals surface area contributed by atoms with Crippen molar-refractivity contribution in [2.24, 2.45) is 11.8 Å². The Balaban J connectivity index is 1.49. The van der Waals surface area contributed by atoms with Gasteiger partial charge in [0.1, 0.15) is 18.8 Å². The summed E-state index contributed by atoms with van der Waals surface area (Å²) in [5, 5.41) is 8.68. The molecule has 0 unspecified atom stereocenters. The molecule has 0 aromatic heterocycles. The van der Waals surface area contributed by atoms with Crippen molar-refractivity contribution in [1.29, 1.82) is 0 Å². The second-order valence-electron chi connectivity index (χ2n) is 9.03. The fourth-order valence-electron chi connectivity index (χ4n) is 5.10. The summed E-state index contributed by atoms with van der Waals surface area (Å²) in [7, 11) is 0. The number of ether oxygens (including phenoxy) is 4. The van der Waals surface area contributed by atoms with Crippen molar-refractivity contribution < 1.29 is 33.6 Å². The molecular formula is C23H31NO7. The zero-order valence-corrected chi connectivity index (χ0v) is 18.3. The van der Waals surface area contributed by atoms with Gasteiger partial charge in [0.05, 0.1) is 18.8 Å². The van der Waals surface area contributed by atoms with Gasteiger partial charge in [-0.25, -0.2) is 4.79 Å². The quantitative estimate of drug-likeness (QED) is 0.737. The van der Waals surface area contributed by atoms with Crippen LogP contribution in [0, 0.1) is 11.8 Å². The van der Waals surface area contributed by atoms with Crippen LogP contribution in [-0.4, -0.2) is 66.5 Å². The van der Waals surface area contributed by atoms with E-state index < -0.39 is 18.2 Å². The van der Waals surface area contributed by atoms with E-state index >= 15 is 0 Å². The number of likely N-dealkylation sites (tertiary alicyclic amines) is 1. The first kappa shape index (κ1) is 21.9. The molecule has 1 aromatic rings. The Hall–Kier alpha value is -2.32. The predicted molar refractivity (Wildman–Crippen MR) is 111 cm³/mol. The van der Waals surface area contributed by atoms with Crippen LogP contribution in [0.2, 0.25) is 0 Å². The first-order valence-corrected chi connectivity index (χ1v) is 11.0. The van der Waals surface area contributed by atoms with E-state index in [4.69, 9.17) is 24.1 Å². The van der Waals surface area contributed by atoms with Crippen LogP contribution in [0.4, 0.5) is 0 Å². The molecule has 170 valence electrons. The van der Waals surface area contributed by atoms with Crippen LogP contribution >= 0.6 is 0 Å². The summed E-state index contributed by atoms with van der Waals surface area (Å²) in [5.41, 5.74) is 0.599. The lowest BCUT2D eigenvalue weighted by Crippen LogP contribution is -2.56. The molecule has 3 aliphatic rings. The Morgan fingerprint density at radius 3 is 2.84 bits per heavy atom. The van der Waals surface area contributed by atoms with Gasteiger partial charge in [-0.3, -0.25) is 4.79 Å². The normalized spacial score (nSPS) is 28.5. The Labute approximate surface area is 182 Å². The molecule has 31 heavy (non-hydrogen) atoms. The van der Waals surface area contributed by atoms with E-state index in [0.29, 0.717) is 19.7 Å². The highest BCUT2D eigenvalue weighted by molar-refractivity contribution is 5.78. The molecule has 8 nitrogen and oxygen atoms in total. The SMILES string of the molecule is CCOc1cccc2c1OC(C)(C)[C@@H]1C[C@@H]3CN(C(=O)COCC(=O)O)CC[C@H]3O[C@@H]21. The number of para-hydroxylation sites is 1. The van der Waals surface area contributed by atoms with E-state index in [1.807, 2.05) is 19.1 Å². The van der Waals surface area contributed by atoms with Gasteiger partial charge in [0, 0.05) is 30.5 Å². The van der Waals surface area contributed by atoms with Gasteiger partial charge in [0.2, 0.25) is 5.91 Å². The number of aliphatic carboxylic acids is 1. The second-order valence-corrected chi connectivity index (χ2v) is 9.03. The zero-order chi connectivity index (χ0) is 22.2. The van der Waals surface area contributed by atoms with Crippen LogP contribution in [0.25, 0.3) is 0 Å². The highest BCUT2D eigenvalue weighted by Gasteiger charge is 2.52. The lowest BCUT2D eigenvalue weighted by atomic mass is 9.70. The van der Waals surface area contributed by atoms with Gasteiger partial charge >= 0.3 is 5.97 Å². The maximum Gasteiger partial charge on any atom is 0.329 e. The minimum Gasteiger partial charge on any atom is -0.490 e. The Bertz CT molecular complexity index is 839. The van der Waals surface area contributed by atoms with E-state index in [0.717, 1.165) is 29.9 Å². The standard InChI is InChI=1S/C23H31NO7/c1-4-29-18-7-5-6-15-21-16(23(2,3)31-22(15)18)10-14-11-24(9-8-17(14)30-21)19(25)12-28-13-20(26)27/h5-7,14,16-17,21H,4,8-13H2,1-3H3,(H,26,27)/t14-,16-,17-,21+/m1/s1. The molecule has 1 N–H and O–H groups in total. The number of carbonyl (C=O) groups is 2. The molecule has 8 heteroatoms. The van der Waals surface area contributed by atoms with Gasteiger partial charge in [0.25, 0.3) is 0 Å². The minimum atomic E-state index is -1.08. The number of piperidine rings is 1. The fraction of sp³-hybridized carbons (Fsp3) is 0.652. The lowest BCUT2D eigenvalue weighted by molar-refractivity contribution is -0.189. The second kappa shape index (κ2) is 8.67. The van der Waals surface area contributed by atoms with Crippen molar-refractivity contribution in [2.75, 3.05) is 32.9 Å². The van der Waals surface area contributed by atoms with Crippen molar-refractivity contribution in [3.63, 3.8) is 0 Å². The van der Waals surface area contributed by atoms with Gasteiger partial charge in [-0.05, 0) is 39.7 Å². The molecule has 3 heterocycles. The maximum atomic E-state index is 12.5. The summed E-state index contributed by atoms with van der Waals surface area (Å²) in [6.07, 6.45) is 1.64. The van der Waals surface area contributed by atoms with Gasteiger partial charge < -0.3 is 29.0 Å². The molecule has 2 fully saturated rings. The number of carboxylic acid groups (broad SMARTS) is 1. The highest BCUT2D eigenvalue weighted by atomic mass is 16.5. The minimum absolute atomic E-state index is 0.0680. The van der Waals surface area contributed by atoms with E-state index in [1.54, 1.807) is 4.90 Å². The molecule has 0 saturated carbocycles. The van der Waals surface area contributed by atoms with Crippen LogP contribution in [0.3, 0.4) is 0 Å². The van der Waals surface area contributed by atoms with E-state index in [-0.39, 0.29) is 36.6 Å². The van der Waals surface area contributed by atoms with Gasteiger partial charge in [-0.15, -0.1) is 0 Å². The van der Waals surface area contributed by atoms with Gasteiger partial charge in [0.15, 0.2) is 11.5 Å². The Morgan fingerprint density at radius 2 is 2.10 bits per heavy atom. The summed E-state index contributed by atoms with van der Waals surface area (Å²) in [6, 6.07) is 5.97. The number of fused-ring (bicyclic) bond motifs is 4. The average Bonchev–Trinajstić information content (AvgIpc) is 2.72. The topological polar surface area (TPSA) is 94.5 Å². The number of hydrogen-bond donors (Lipinski definition) is 1. The van der Waals surface area contributed by atoms with Gasteiger partial charge in [-0.2, -0.15) is 0 Å². The molecule has 4 rings (SSSR count). The number of carbonyl (C=O) groups excluding carboxylic acids is 1. The van der Waals surface area contributed by atoms with E-state index in [1.165, 1.54) is 0 Å². The Kier molecular flexibility index (Phi) is 6.12. The molecule has 4 atom stereocenters. The van der Waals surface area contributed by atoms with Gasteiger partial charge in [-0.1, -0.05) is 12.1 Å². The predicted octanol–water partition coefficient (Wildman–Crippen LogP) is 2.65. The Morgan fingerprint density at radius 1 is 1.29 bits per heavy atom. The largest absolute Gasteiger partial charge is 0.490 e. The summed E-state index contributed by atoms with van der Waals surface area (Å²) in [4.78, 5) is 24.8. The van der Waals surface area contributed by atoms with E-state index in [2.05, 4.69) is 19.9 Å². The zero-order valence-electron chi connectivity index (χ0n) is 18.3. The molecule has 2 saturated heterocycles. The monoisotopic (exact) mass is 433 g/mol. The number of benzene rings is 1.